The van der Waals surface area contributed by atoms with Crippen LogP contribution in [0.25, 0.3) is 0 Å². The maximum absolute atomic E-state index is 12.4. The number of carbonyl (C=O) groups excluding carboxylic acids is 1. The Hall–Kier alpha value is -1.55. The summed E-state index contributed by atoms with van der Waals surface area (Å²) in [5, 5.41) is 0. The number of anilines is 1. The van der Waals surface area contributed by atoms with Crippen LogP contribution in [0.2, 0.25) is 0 Å². The lowest BCUT2D eigenvalue weighted by molar-refractivity contribution is 0.0780. The van der Waals surface area contributed by atoms with Gasteiger partial charge in [-0.15, -0.1) is 0 Å². The average molecular weight is 259 g/mol. The summed E-state index contributed by atoms with van der Waals surface area (Å²) in [6, 6.07) is 7.84. The first kappa shape index (κ1) is 12.5. The SMILES string of the molecule is Nc1cccc(C(=O)N2CCC(N3CCCC3)C2)c1. The number of hydrogen-bond acceptors (Lipinski definition) is 3. The molecule has 0 radical (unpaired) electrons. The second-order valence-electron chi connectivity index (χ2n) is 5.56. The number of amides is 1. The molecule has 4 heteroatoms. The zero-order chi connectivity index (χ0) is 13.2. The molecule has 1 aromatic carbocycles. The van der Waals surface area contributed by atoms with Gasteiger partial charge in [-0.1, -0.05) is 6.07 Å². The normalized spacial score (nSPS) is 24.0. The Labute approximate surface area is 114 Å². The number of likely N-dealkylation sites (tertiary alicyclic amines) is 2. The van der Waals surface area contributed by atoms with Gasteiger partial charge in [0.15, 0.2) is 0 Å². The quantitative estimate of drug-likeness (QED) is 0.820. The molecule has 2 aliphatic rings. The summed E-state index contributed by atoms with van der Waals surface area (Å²) in [5.41, 5.74) is 7.11. The average Bonchev–Trinajstić information content (AvgIpc) is 3.08. The van der Waals surface area contributed by atoms with Crippen LogP contribution in [0.4, 0.5) is 5.69 Å². The molecule has 1 amide bonds. The monoisotopic (exact) mass is 259 g/mol. The first-order valence-electron chi connectivity index (χ1n) is 7.13. The molecule has 1 aromatic rings. The predicted molar refractivity (Wildman–Crippen MR) is 76.0 cm³/mol. The fraction of sp³-hybridized carbons (Fsp3) is 0.533. The van der Waals surface area contributed by atoms with E-state index in [0.29, 0.717) is 17.3 Å². The highest BCUT2D eigenvalue weighted by molar-refractivity contribution is 5.95. The first-order valence-corrected chi connectivity index (χ1v) is 7.13. The lowest BCUT2D eigenvalue weighted by Crippen LogP contribution is -2.37. The van der Waals surface area contributed by atoms with Crippen molar-refractivity contribution in [2.45, 2.75) is 25.3 Å². The van der Waals surface area contributed by atoms with Crippen molar-refractivity contribution in [1.29, 1.82) is 0 Å². The topological polar surface area (TPSA) is 49.6 Å². The maximum Gasteiger partial charge on any atom is 0.253 e. The zero-order valence-corrected chi connectivity index (χ0v) is 11.2. The molecule has 2 saturated heterocycles. The van der Waals surface area contributed by atoms with Crippen LogP contribution >= 0.6 is 0 Å². The second kappa shape index (κ2) is 5.21. The van der Waals surface area contributed by atoms with Crippen molar-refractivity contribution in [1.82, 2.24) is 9.80 Å². The van der Waals surface area contributed by atoms with Crippen LogP contribution in [0.3, 0.4) is 0 Å². The van der Waals surface area contributed by atoms with E-state index in [1.54, 1.807) is 6.07 Å². The summed E-state index contributed by atoms with van der Waals surface area (Å²) < 4.78 is 0. The van der Waals surface area contributed by atoms with Gasteiger partial charge in [-0.05, 0) is 50.6 Å². The van der Waals surface area contributed by atoms with Gasteiger partial charge in [0, 0.05) is 30.4 Å². The molecule has 102 valence electrons. The van der Waals surface area contributed by atoms with E-state index in [9.17, 15) is 4.79 Å². The van der Waals surface area contributed by atoms with Crippen LogP contribution in [-0.4, -0.2) is 47.9 Å². The molecule has 0 spiro atoms. The molecule has 0 aliphatic carbocycles. The molecule has 0 bridgehead atoms. The molecule has 1 atom stereocenters. The Balaban J connectivity index is 1.65. The molecule has 2 fully saturated rings. The Kier molecular flexibility index (Phi) is 3.42. The number of nitrogen functional groups attached to an aromatic ring is 1. The Morgan fingerprint density at radius 2 is 2.00 bits per heavy atom. The fourth-order valence-corrected chi connectivity index (χ4v) is 3.19. The standard InChI is InChI=1S/C15H21N3O/c16-13-5-3-4-12(10-13)15(19)18-9-6-14(11-18)17-7-1-2-8-17/h3-5,10,14H,1-2,6-9,11,16H2. The lowest BCUT2D eigenvalue weighted by Gasteiger charge is -2.23. The zero-order valence-electron chi connectivity index (χ0n) is 11.2. The van der Waals surface area contributed by atoms with E-state index in [0.717, 1.165) is 19.5 Å². The Bertz CT molecular complexity index is 468. The highest BCUT2D eigenvalue weighted by atomic mass is 16.2. The Morgan fingerprint density at radius 3 is 2.74 bits per heavy atom. The summed E-state index contributed by atoms with van der Waals surface area (Å²) in [6.45, 7) is 4.14. The Morgan fingerprint density at radius 1 is 1.21 bits per heavy atom. The van der Waals surface area contributed by atoms with E-state index < -0.39 is 0 Å². The maximum atomic E-state index is 12.4. The number of hydrogen-bond donors (Lipinski definition) is 1. The number of nitrogens with zero attached hydrogens (tertiary/aromatic N) is 2. The van der Waals surface area contributed by atoms with E-state index >= 15 is 0 Å². The van der Waals surface area contributed by atoms with Gasteiger partial charge in [0.2, 0.25) is 0 Å². The van der Waals surface area contributed by atoms with Crippen LogP contribution < -0.4 is 5.73 Å². The van der Waals surface area contributed by atoms with Gasteiger partial charge in [0.1, 0.15) is 0 Å². The summed E-state index contributed by atoms with van der Waals surface area (Å²) in [6.07, 6.45) is 3.72. The van der Waals surface area contributed by atoms with Gasteiger partial charge in [0.05, 0.1) is 0 Å². The van der Waals surface area contributed by atoms with Crippen molar-refractivity contribution in [3.63, 3.8) is 0 Å². The fourth-order valence-electron chi connectivity index (χ4n) is 3.19. The largest absolute Gasteiger partial charge is 0.399 e. The molecule has 0 aromatic heterocycles. The number of rotatable bonds is 2. The van der Waals surface area contributed by atoms with Crippen molar-refractivity contribution >= 4 is 11.6 Å². The van der Waals surface area contributed by atoms with Gasteiger partial charge < -0.3 is 10.6 Å². The third-order valence-corrected chi connectivity index (χ3v) is 4.24. The number of carbonyl (C=O) groups is 1. The van der Waals surface area contributed by atoms with Crippen molar-refractivity contribution in [3.05, 3.63) is 29.8 Å². The minimum atomic E-state index is 0.119. The molecular weight excluding hydrogens is 238 g/mol. The van der Waals surface area contributed by atoms with E-state index in [1.807, 2.05) is 23.1 Å². The van der Waals surface area contributed by atoms with Crippen LogP contribution in [0.1, 0.15) is 29.6 Å². The first-order chi connectivity index (χ1) is 9.24. The number of nitrogens with two attached hydrogens (primary N) is 1. The summed E-state index contributed by atoms with van der Waals surface area (Å²) >= 11 is 0. The lowest BCUT2D eigenvalue weighted by atomic mass is 10.2. The second-order valence-corrected chi connectivity index (χ2v) is 5.56. The summed E-state index contributed by atoms with van der Waals surface area (Å²) in [5.74, 6) is 0.119. The van der Waals surface area contributed by atoms with Crippen molar-refractivity contribution < 1.29 is 4.79 Å². The smallest absolute Gasteiger partial charge is 0.253 e. The molecule has 0 saturated carbocycles. The van der Waals surface area contributed by atoms with E-state index in [1.165, 1.54) is 25.9 Å². The third kappa shape index (κ3) is 2.59. The molecule has 3 rings (SSSR count). The van der Waals surface area contributed by atoms with Crippen molar-refractivity contribution in [3.8, 4) is 0 Å². The van der Waals surface area contributed by atoms with E-state index in [4.69, 9.17) is 5.73 Å². The van der Waals surface area contributed by atoms with Crippen LogP contribution in [0, 0.1) is 0 Å². The molecule has 2 heterocycles. The minimum absolute atomic E-state index is 0.119. The molecular formula is C15H21N3O. The van der Waals surface area contributed by atoms with Gasteiger partial charge in [-0.2, -0.15) is 0 Å². The number of benzene rings is 1. The molecule has 2 N–H and O–H groups in total. The third-order valence-electron chi connectivity index (χ3n) is 4.24. The molecule has 4 nitrogen and oxygen atoms in total. The van der Waals surface area contributed by atoms with Gasteiger partial charge in [-0.25, -0.2) is 0 Å². The molecule has 19 heavy (non-hydrogen) atoms. The van der Waals surface area contributed by atoms with Crippen LogP contribution in [-0.2, 0) is 0 Å². The van der Waals surface area contributed by atoms with Gasteiger partial charge in [-0.3, -0.25) is 9.69 Å². The van der Waals surface area contributed by atoms with E-state index in [2.05, 4.69) is 4.90 Å². The summed E-state index contributed by atoms with van der Waals surface area (Å²) in [7, 11) is 0. The van der Waals surface area contributed by atoms with E-state index in [-0.39, 0.29) is 5.91 Å². The van der Waals surface area contributed by atoms with Crippen LogP contribution in [0.5, 0.6) is 0 Å². The van der Waals surface area contributed by atoms with Gasteiger partial charge >= 0.3 is 0 Å². The van der Waals surface area contributed by atoms with Gasteiger partial charge in [0.25, 0.3) is 5.91 Å². The highest BCUT2D eigenvalue weighted by Crippen LogP contribution is 2.22. The molecule has 1 unspecified atom stereocenters. The van der Waals surface area contributed by atoms with Crippen LogP contribution in [0.15, 0.2) is 24.3 Å². The predicted octanol–water partition coefficient (Wildman–Crippen LogP) is 1.58. The minimum Gasteiger partial charge on any atom is -0.399 e. The highest BCUT2D eigenvalue weighted by Gasteiger charge is 2.31. The summed E-state index contributed by atoms with van der Waals surface area (Å²) in [4.78, 5) is 16.9. The molecule has 2 aliphatic heterocycles. The van der Waals surface area contributed by atoms with Crippen molar-refractivity contribution in [2.75, 3.05) is 31.9 Å². The van der Waals surface area contributed by atoms with Crippen molar-refractivity contribution in [2.24, 2.45) is 0 Å².